The lowest BCUT2D eigenvalue weighted by molar-refractivity contribution is 0.198. The number of rotatable bonds is 6. The molecule has 0 saturated carbocycles. The van der Waals surface area contributed by atoms with Crippen molar-refractivity contribution in [1.82, 2.24) is 9.29 Å². The highest BCUT2D eigenvalue weighted by Crippen LogP contribution is 2.32. The number of methoxy groups -OCH3 is 1. The van der Waals surface area contributed by atoms with Crippen LogP contribution in [-0.4, -0.2) is 27.0 Å². The first kappa shape index (κ1) is 23.8. The number of anilines is 1. The molecular formula is C24H26FN5O3S. The van der Waals surface area contributed by atoms with Gasteiger partial charge in [-0.1, -0.05) is 12.1 Å². The van der Waals surface area contributed by atoms with E-state index in [1.807, 2.05) is 24.3 Å². The molecule has 34 heavy (non-hydrogen) atoms. The molecule has 0 fully saturated rings. The Labute approximate surface area is 198 Å². The van der Waals surface area contributed by atoms with Crippen molar-refractivity contribution in [3.8, 4) is 11.8 Å². The monoisotopic (exact) mass is 483 g/mol. The van der Waals surface area contributed by atoms with E-state index in [4.69, 9.17) is 14.8 Å². The Morgan fingerprint density at radius 3 is 2.79 bits per heavy atom. The van der Waals surface area contributed by atoms with Crippen molar-refractivity contribution >= 4 is 15.6 Å². The zero-order chi connectivity index (χ0) is 24.5. The van der Waals surface area contributed by atoms with Crippen molar-refractivity contribution in [2.24, 2.45) is 7.05 Å². The third kappa shape index (κ3) is 4.77. The van der Waals surface area contributed by atoms with Crippen molar-refractivity contribution < 1.29 is 18.4 Å². The Morgan fingerprint density at radius 2 is 2.12 bits per heavy atom. The van der Waals surface area contributed by atoms with Crippen molar-refractivity contribution in [2.75, 3.05) is 12.4 Å². The van der Waals surface area contributed by atoms with Crippen LogP contribution in [0.15, 0.2) is 53.6 Å². The second-order valence-corrected chi connectivity index (χ2v) is 10.1. The maximum Gasteiger partial charge on any atom is 0.166 e. The zero-order valence-corrected chi connectivity index (χ0v) is 19.7. The van der Waals surface area contributed by atoms with E-state index in [2.05, 4.69) is 10.0 Å². The van der Waals surface area contributed by atoms with E-state index >= 15 is 0 Å². The number of aliphatic hydroxyl groups excluding tert-OH is 1. The fraction of sp³-hybridized carbons (Fsp3) is 0.292. The average molecular weight is 484 g/mol. The number of aliphatic hydroxyl groups is 1. The van der Waals surface area contributed by atoms with E-state index in [1.165, 1.54) is 12.1 Å². The van der Waals surface area contributed by atoms with E-state index < -0.39 is 22.0 Å². The molecular weight excluding hydrogens is 457 g/mol. The van der Waals surface area contributed by atoms with Gasteiger partial charge in [0.25, 0.3) is 0 Å². The number of benzene rings is 2. The normalized spacial score (nSPS) is 20.6. The Hall–Kier alpha value is -3.39. The standard InChI is InChI=1S/C24H26FN5O3S/c1-30-14-22-20(23(30)24(31)28-17-6-10-21(25)16(12-17)13-26)9-5-18(29-34(22,27)32)11-15-3-7-19(33-2)8-4-15/h3-4,6-8,10,12,14,18,24,28,31H,5,9,11H2,1-2H3,(H2,27,29,32)/t18-,24?,34?/m1/s1. The summed E-state index contributed by atoms with van der Waals surface area (Å²) in [7, 11) is 0.00572. The summed E-state index contributed by atoms with van der Waals surface area (Å²) in [5.74, 6) is 0.113. The Morgan fingerprint density at radius 1 is 1.38 bits per heavy atom. The molecule has 4 N–H and O–H groups in total. The Balaban J connectivity index is 1.58. The predicted molar refractivity (Wildman–Crippen MR) is 126 cm³/mol. The van der Waals surface area contributed by atoms with E-state index in [-0.39, 0.29) is 11.6 Å². The quantitative estimate of drug-likeness (QED) is 0.399. The van der Waals surface area contributed by atoms with E-state index in [0.717, 1.165) is 17.4 Å². The minimum Gasteiger partial charge on any atom is -0.497 e. The smallest absolute Gasteiger partial charge is 0.166 e. The first-order valence-corrected chi connectivity index (χ1v) is 12.3. The maximum atomic E-state index is 13.6. The highest BCUT2D eigenvalue weighted by atomic mass is 32.2. The van der Waals surface area contributed by atoms with Gasteiger partial charge in [0.2, 0.25) is 0 Å². The number of halogens is 1. The number of nitrogens with zero attached hydrogens (tertiary/aromatic N) is 2. The van der Waals surface area contributed by atoms with Crippen LogP contribution in [0.1, 0.15) is 35.0 Å². The van der Waals surface area contributed by atoms with Crippen molar-refractivity contribution in [2.45, 2.75) is 36.4 Å². The Kier molecular flexibility index (Phi) is 6.61. The van der Waals surface area contributed by atoms with Crippen molar-refractivity contribution in [1.29, 1.82) is 10.0 Å². The molecule has 0 radical (unpaired) electrons. The summed E-state index contributed by atoms with van der Waals surface area (Å²) in [5.41, 5.74) is 2.39. The molecule has 0 amide bonds. The van der Waals surface area contributed by atoms with Gasteiger partial charge in [-0.25, -0.2) is 18.1 Å². The molecule has 2 unspecified atom stereocenters. The first-order chi connectivity index (χ1) is 16.2. The summed E-state index contributed by atoms with van der Waals surface area (Å²) in [4.78, 5) is 0.347. The van der Waals surface area contributed by atoms with Crippen molar-refractivity contribution in [3.63, 3.8) is 0 Å². The number of fused-ring (bicyclic) bond motifs is 1. The highest BCUT2D eigenvalue weighted by Gasteiger charge is 2.31. The minimum atomic E-state index is -3.31. The van der Waals surface area contributed by atoms with Crippen LogP contribution in [0, 0.1) is 21.9 Å². The van der Waals surface area contributed by atoms with E-state index in [9.17, 15) is 13.7 Å². The second-order valence-electron chi connectivity index (χ2n) is 8.28. The number of nitrogens with one attached hydrogen (secondary N) is 3. The number of aryl methyl sites for hydroxylation is 1. The molecule has 0 bridgehead atoms. The molecule has 0 saturated heterocycles. The minimum absolute atomic E-state index is 0.136. The first-order valence-electron chi connectivity index (χ1n) is 10.7. The molecule has 3 aromatic rings. The number of hydrogen-bond acceptors (Lipinski definition) is 6. The number of hydrogen-bond donors (Lipinski definition) is 4. The van der Waals surface area contributed by atoms with Crippen LogP contribution in [-0.2, 0) is 29.8 Å². The summed E-state index contributed by atoms with van der Waals surface area (Å²) in [6.45, 7) is 0. The summed E-state index contributed by atoms with van der Waals surface area (Å²) in [6, 6.07) is 13.1. The highest BCUT2D eigenvalue weighted by molar-refractivity contribution is 7.90. The molecule has 0 spiro atoms. The van der Waals surface area contributed by atoms with Crippen LogP contribution in [0.2, 0.25) is 0 Å². The van der Waals surface area contributed by atoms with Gasteiger partial charge in [-0.05, 0) is 60.7 Å². The number of nitriles is 1. The molecule has 2 aromatic carbocycles. The zero-order valence-electron chi connectivity index (χ0n) is 18.8. The maximum absolute atomic E-state index is 13.6. The Bertz CT molecular complexity index is 1350. The molecule has 178 valence electrons. The average Bonchev–Trinajstić information content (AvgIpc) is 3.10. The molecule has 4 rings (SSSR count). The summed E-state index contributed by atoms with van der Waals surface area (Å²) < 4.78 is 45.4. The topological polar surface area (TPSA) is 123 Å². The van der Waals surface area contributed by atoms with Gasteiger partial charge < -0.3 is 19.7 Å². The van der Waals surface area contributed by atoms with Gasteiger partial charge in [-0.3, -0.25) is 0 Å². The lowest BCUT2D eigenvalue weighted by Gasteiger charge is -2.19. The van der Waals surface area contributed by atoms with Crippen LogP contribution >= 0.6 is 0 Å². The van der Waals surface area contributed by atoms with Crippen LogP contribution in [0.4, 0.5) is 10.1 Å². The molecule has 0 aliphatic carbocycles. The predicted octanol–water partition coefficient (Wildman–Crippen LogP) is 3.62. The van der Waals surface area contributed by atoms with Gasteiger partial charge >= 0.3 is 0 Å². The van der Waals surface area contributed by atoms with Crippen LogP contribution in [0.5, 0.6) is 5.75 Å². The number of ether oxygens (including phenoxy) is 1. The molecule has 1 aromatic heterocycles. The molecule has 2 heterocycles. The van der Waals surface area contributed by atoms with Gasteiger partial charge in [0.1, 0.15) is 27.6 Å². The molecule has 8 nitrogen and oxygen atoms in total. The second kappa shape index (κ2) is 9.46. The van der Waals surface area contributed by atoms with Gasteiger partial charge in [-0.2, -0.15) is 5.26 Å². The molecule has 10 heteroatoms. The summed E-state index contributed by atoms with van der Waals surface area (Å²) in [5, 5.41) is 22.9. The SMILES string of the molecule is COc1ccc(C[C@H]2CCc3c(cn(C)c3C(O)Nc3ccc(F)c(C#N)c3)S(=N)(=O)N2)cc1. The fourth-order valence-corrected chi connectivity index (χ4v) is 5.97. The third-order valence-corrected chi connectivity index (χ3v) is 7.61. The molecule has 1 aliphatic heterocycles. The van der Waals surface area contributed by atoms with E-state index in [0.29, 0.717) is 41.1 Å². The van der Waals surface area contributed by atoms with Gasteiger partial charge in [0, 0.05) is 25.0 Å². The molecule has 3 atom stereocenters. The number of aromatic nitrogens is 1. The van der Waals surface area contributed by atoms with Gasteiger partial charge in [0.05, 0.1) is 23.3 Å². The molecule has 1 aliphatic rings. The lowest BCUT2D eigenvalue weighted by Crippen LogP contribution is -2.34. The summed E-state index contributed by atoms with van der Waals surface area (Å²) >= 11 is 0. The van der Waals surface area contributed by atoms with Gasteiger partial charge in [-0.15, -0.1) is 0 Å². The third-order valence-electron chi connectivity index (χ3n) is 5.97. The van der Waals surface area contributed by atoms with E-state index in [1.54, 1.807) is 31.0 Å². The lowest BCUT2D eigenvalue weighted by atomic mass is 9.99. The van der Waals surface area contributed by atoms with Gasteiger partial charge in [0.15, 0.2) is 6.23 Å². The van der Waals surface area contributed by atoms with Crippen molar-refractivity contribution in [3.05, 3.63) is 76.9 Å². The van der Waals surface area contributed by atoms with Crippen LogP contribution in [0.3, 0.4) is 0 Å². The largest absolute Gasteiger partial charge is 0.497 e. The fourth-order valence-electron chi connectivity index (χ4n) is 4.31. The summed E-state index contributed by atoms with van der Waals surface area (Å²) in [6.07, 6.45) is 2.13. The van der Waals surface area contributed by atoms with Crippen LogP contribution < -0.4 is 14.8 Å². The van der Waals surface area contributed by atoms with Crippen LogP contribution in [0.25, 0.3) is 0 Å².